The first-order valence-corrected chi connectivity index (χ1v) is 12.1. The third kappa shape index (κ3) is 3.85. The van der Waals surface area contributed by atoms with E-state index in [-0.39, 0.29) is 10.7 Å². The van der Waals surface area contributed by atoms with Crippen molar-refractivity contribution in [3.05, 3.63) is 72.3 Å². The molecule has 0 spiro atoms. The van der Waals surface area contributed by atoms with Crippen LogP contribution in [0.5, 0.6) is 0 Å². The lowest BCUT2D eigenvalue weighted by Gasteiger charge is -2.14. The molecule has 5 aromatic rings. The van der Waals surface area contributed by atoms with Crippen molar-refractivity contribution in [1.82, 2.24) is 18.7 Å². The summed E-state index contributed by atoms with van der Waals surface area (Å²) in [5.74, 6) is 0.406. The Bertz CT molecular complexity index is 1530. The number of nitrogens with zero attached hydrogens (tertiary/aromatic N) is 4. The first-order valence-electron chi connectivity index (χ1n) is 9.90. The highest BCUT2D eigenvalue weighted by atomic mass is 32.2. The van der Waals surface area contributed by atoms with E-state index in [9.17, 15) is 8.42 Å². The lowest BCUT2D eigenvalue weighted by Crippen LogP contribution is -2.16. The molecule has 0 unspecified atom stereocenters. The van der Waals surface area contributed by atoms with Crippen LogP contribution in [-0.2, 0) is 16.4 Å². The second kappa shape index (κ2) is 8.13. The molecule has 0 aliphatic carbocycles. The smallest absolute Gasteiger partial charge is 0.265 e. The summed E-state index contributed by atoms with van der Waals surface area (Å²) in [6.07, 6.45) is 0.929. The molecule has 0 saturated carbocycles. The van der Waals surface area contributed by atoms with E-state index >= 15 is 0 Å². The van der Waals surface area contributed by atoms with Crippen molar-refractivity contribution in [3.8, 4) is 0 Å². The van der Waals surface area contributed by atoms with Crippen LogP contribution in [-0.4, -0.2) is 27.1 Å². The number of fused-ring (bicyclic) bond motifs is 2. The van der Waals surface area contributed by atoms with Crippen LogP contribution < -0.4 is 10.0 Å². The number of sulfonamides is 1. The molecule has 0 saturated heterocycles. The summed E-state index contributed by atoms with van der Waals surface area (Å²) in [5.41, 5.74) is 4.05. The van der Waals surface area contributed by atoms with E-state index in [1.807, 2.05) is 42.5 Å². The molecule has 0 radical (unpaired) electrons. The van der Waals surface area contributed by atoms with Gasteiger partial charge in [0.1, 0.15) is 15.9 Å². The van der Waals surface area contributed by atoms with Crippen molar-refractivity contribution in [2.24, 2.45) is 0 Å². The van der Waals surface area contributed by atoms with E-state index in [1.54, 1.807) is 18.2 Å². The summed E-state index contributed by atoms with van der Waals surface area (Å²) in [5, 5.41) is 3.20. The minimum absolute atomic E-state index is 0.0388. The van der Waals surface area contributed by atoms with Crippen LogP contribution in [0, 0.1) is 0 Å². The largest absolute Gasteiger partial charge is 0.337 e. The molecule has 160 valence electrons. The molecule has 0 fully saturated rings. The highest BCUT2D eigenvalue weighted by molar-refractivity contribution is 7.93. The Balaban J connectivity index is 1.58. The van der Waals surface area contributed by atoms with E-state index in [0.717, 1.165) is 23.8 Å². The quantitative estimate of drug-likeness (QED) is 0.375. The van der Waals surface area contributed by atoms with Gasteiger partial charge in [-0.3, -0.25) is 4.72 Å². The maximum Gasteiger partial charge on any atom is 0.265 e. The highest BCUT2D eigenvalue weighted by Crippen LogP contribution is 2.29. The number of rotatable bonds is 6. The average molecular weight is 463 g/mol. The van der Waals surface area contributed by atoms with Crippen molar-refractivity contribution in [2.45, 2.75) is 18.2 Å². The van der Waals surface area contributed by atoms with Gasteiger partial charge in [-0.1, -0.05) is 37.3 Å². The summed E-state index contributed by atoms with van der Waals surface area (Å²) >= 11 is 0.967. The number of hydrogen-bond donors (Lipinski definition) is 2. The molecule has 0 aliphatic rings. The van der Waals surface area contributed by atoms with Crippen molar-refractivity contribution < 1.29 is 8.42 Å². The summed E-state index contributed by atoms with van der Waals surface area (Å²) in [7, 11) is -3.99. The highest BCUT2D eigenvalue weighted by Gasteiger charge is 2.22. The Labute approximate surface area is 188 Å². The minimum Gasteiger partial charge on any atom is -0.337 e. The topological polar surface area (TPSA) is 110 Å². The molecule has 0 atom stereocenters. The van der Waals surface area contributed by atoms with Gasteiger partial charge < -0.3 is 5.32 Å². The first kappa shape index (κ1) is 20.3. The minimum atomic E-state index is -3.99. The number of nitrogens with one attached hydrogen (secondary N) is 2. The number of anilines is 3. The number of para-hydroxylation sites is 2. The third-order valence-corrected chi connectivity index (χ3v) is 6.88. The van der Waals surface area contributed by atoms with Crippen LogP contribution in [0.15, 0.2) is 71.6 Å². The van der Waals surface area contributed by atoms with Gasteiger partial charge in [0.05, 0.1) is 22.8 Å². The molecule has 5 rings (SSSR count). The van der Waals surface area contributed by atoms with Crippen LogP contribution >= 0.6 is 11.7 Å². The molecule has 32 heavy (non-hydrogen) atoms. The van der Waals surface area contributed by atoms with Gasteiger partial charge >= 0.3 is 0 Å². The van der Waals surface area contributed by atoms with Gasteiger partial charge in [-0.2, -0.15) is 8.75 Å². The van der Waals surface area contributed by atoms with Crippen LogP contribution in [0.3, 0.4) is 0 Å². The van der Waals surface area contributed by atoms with E-state index < -0.39 is 10.0 Å². The van der Waals surface area contributed by atoms with Crippen molar-refractivity contribution in [1.29, 1.82) is 0 Å². The van der Waals surface area contributed by atoms with Crippen LogP contribution in [0.1, 0.15) is 12.5 Å². The van der Waals surface area contributed by atoms with Crippen molar-refractivity contribution in [2.75, 3.05) is 10.0 Å². The molecule has 0 aliphatic heterocycles. The molecular weight excluding hydrogens is 444 g/mol. The van der Waals surface area contributed by atoms with Gasteiger partial charge in [0.25, 0.3) is 10.0 Å². The Morgan fingerprint density at radius 3 is 2.22 bits per heavy atom. The van der Waals surface area contributed by atoms with Gasteiger partial charge in [0.2, 0.25) is 0 Å². The second-order valence-electron chi connectivity index (χ2n) is 7.08. The first-order chi connectivity index (χ1) is 15.5. The fraction of sp³-hybridized carbons (Fsp3) is 0.0909. The maximum absolute atomic E-state index is 13.3. The number of hydrogen-bond acceptors (Lipinski definition) is 8. The fourth-order valence-electron chi connectivity index (χ4n) is 3.30. The van der Waals surface area contributed by atoms with Crippen LogP contribution in [0.25, 0.3) is 22.1 Å². The second-order valence-corrected chi connectivity index (χ2v) is 9.26. The summed E-state index contributed by atoms with van der Waals surface area (Å²) in [6, 6.07) is 20.0. The van der Waals surface area contributed by atoms with Crippen LogP contribution in [0.4, 0.5) is 17.3 Å². The Morgan fingerprint density at radius 2 is 1.50 bits per heavy atom. The zero-order chi connectivity index (χ0) is 22.1. The van der Waals surface area contributed by atoms with Gasteiger partial charge in [-0.05, 0) is 48.4 Å². The summed E-state index contributed by atoms with van der Waals surface area (Å²) in [6.45, 7) is 2.09. The number of aromatic nitrogens is 4. The Kier molecular flexibility index (Phi) is 5.16. The van der Waals surface area contributed by atoms with Gasteiger partial charge in [-0.25, -0.2) is 18.4 Å². The van der Waals surface area contributed by atoms with E-state index in [0.29, 0.717) is 27.9 Å². The van der Waals surface area contributed by atoms with Gasteiger partial charge in [-0.15, -0.1) is 0 Å². The van der Waals surface area contributed by atoms with Crippen LogP contribution in [0.2, 0.25) is 0 Å². The Hall–Kier alpha value is -3.63. The number of benzene rings is 3. The molecular formula is C22H18N6O2S2. The molecule has 8 nitrogen and oxygen atoms in total. The molecule has 0 amide bonds. The lowest BCUT2D eigenvalue weighted by molar-refractivity contribution is 0.602. The maximum atomic E-state index is 13.3. The van der Waals surface area contributed by atoms with E-state index in [2.05, 4.69) is 35.7 Å². The zero-order valence-electron chi connectivity index (χ0n) is 17.0. The lowest BCUT2D eigenvalue weighted by atomic mass is 10.1. The van der Waals surface area contributed by atoms with E-state index in [1.165, 1.54) is 11.6 Å². The van der Waals surface area contributed by atoms with Gasteiger partial charge in [0, 0.05) is 5.69 Å². The summed E-state index contributed by atoms with van der Waals surface area (Å²) in [4.78, 5) is 9.19. The normalized spacial score (nSPS) is 11.7. The van der Waals surface area contributed by atoms with Crippen molar-refractivity contribution >= 4 is 61.1 Å². The number of aryl methyl sites for hydroxylation is 1. The summed E-state index contributed by atoms with van der Waals surface area (Å²) < 4.78 is 37.4. The molecule has 10 heteroatoms. The predicted octanol–water partition coefficient (Wildman–Crippen LogP) is 4.74. The van der Waals surface area contributed by atoms with Gasteiger partial charge in [0.15, 0.2) is 11.6 Å². The fourth-order valence-corrected chi connectivity index (χ4v) is 5.08. The average Bonchev–Trinajstić information content (AvgIpc) is 3.28. The Morgan fingerprint density at radius 1 is 0.812 bits per heavy atom. The zero-order valence-corrected chi connectivity index (χ0v) is 18.6. The molecule has 2 aromatic heterocycles. The standard InChI is InChI=1S/C22H18N6O2S2/c1-2-14-10-12-15(13-11-14)23-21-22(25-17-7-4-3-6-16(17)24-21)28-32(29,30)19-9-5-8-18-20(19)27-31-26-18/h3-13H,2H2,1H3,(H,23,24)(H,25,28). The molecule has 3 aromatic carbocycles. The van der Waals surface area contributed by atoms with Crippen molar-refractivity contribution in [3.63, 3.8) is 0 Å². The molecule has 2 heterocycles. The predicted molar refractivity (Wildman–Crippen MR) is 127 cm³/mol. The SMILES string of the molecule is CCc1ccc(Nc2nc3ccccc3nc2NS(=O)(=O)c2cccc3nsnc23)cc1. The monoisotopic (exact) mass is 462 g/mol. The molecule has 2 N–H and O–H groups in total. The van der Waals surface area contributed by atoms with E-state index in [4.69, 9.17) is 0 Å². The third-order valence-electron chi connectivity index (χ3n) is 4.97. The molecule has 0 bridgehead atoms.